The molecule has 0 aliphatic carbocycles. The minimum atomic E-state index is -0.794. The standard InChI is InChI=1S/C15H9FN4O/c1-7(16)12-14-8(2)17-6-20(14)11-4-3-10-9(5-18-19-10)13(11)15(12)21/h3-6H,1-2H2,(H,18,19). The molecule has 0 spiro atoms. The number of nitrogens with zero attached hydrogens (tertiary/aromatic N) is 3. The van der Waals surface area contributed by atoms with Crippen molar-refractivity contribution in [2.75, 3.05) is 0 Å². The first-order chi connectivity index (χ1) is 10.1. The van der Waals surface area contributed by atoms with E-state index in [4.69, 9.17) is 0 Å². The summed E-state index contributed by atoms with van der Waals surface area (Å²) in [7, 11) is 0. The lowest BCUT2D eigenvalue weighted by atomic mass is 10.1. The van der Waals surface area contributed by atoms with E-state index in [1.165, 1.54) is 6.33 Å². The summed E-state index contributed by atoms with van der Waals surface area (Å²) in [4.78, 5) is 16.8. The van der Waals surface area contributed by atoms with E-state index in [-0.39, 0.29) is 5.56 Å². The Morgan fingerprint density at radius 1 is 1.38 bits per heavy atom. The van der Waals surface area contributed by atoms with E-state index in [9.17, 15) is 9.18 Å². The van der Waals surface area contributed by atoms with Crippen molar-refractivity contribution in [3.8, 4) is 0 Å². The zero-order valence-electron chi connectivity index (χ0n) is 10.9. The number of hydrogen-bond donors (Lipinski definition) is 1. The highest BCUT2D eigenvalue weighted by molar-refractivity contribution is 6.06. The van der Waals surface area contributed by atoms with Crippen molar-refractivity contribution in [1.82, 2.24) is 19.6 Å². The summed E-state index contributed by atoms with van der Waals surface area (Å²) < 4.78 is 15.5. The zero-order valence-corrected chi connectivity index (χ0v) is 10.9. The number of H-pyrrole nitrogens is 1. The highest BCUT2D eigenvalue weighted by Gasteiger charge is 2.18. The molecule has 102 valence electrons. The highest BCUT2D eigenvalue weighted by Crippen LogP contribution is 2.25. The fourth-order valence-corrected chi connectivity index (χ4v) is 2.76. The van der Waals surface area contributed by atoms with E-state index in [1.54, 1.807) is 16.7 Å². The van der Waals surface area contributed by atoms with Crippen LogP contribution in [0, 0.1) is 0 Å². The minimum Gasteiger partial charge on any atom is -0.297 e. The number of benzene rings is 1. The molecule has 0 fully saturated rings. The molecule has 0 bridgehead atoms. The average Bonchev–Trinajstić information content (AvgIpc) is 3.05. The third-order valence-electron chi connectivity index (χ3n) is 3.67. The average molecular weight is 280 g/mol. The van der Waals surface area contributed by atoms with E-state index in [0.717, 1.165) is 0 Å². The maximum atomic E-state index is 13.8. The first-order valence-electron chi connectivity index (χ1n) is 6.22. The Bertz CT molecular complexity index is 1160. The number of fused-ring (bicyclic) bond motifs is 5. The second-order valence-corrected chi connectivity index (χ2v) is 4.81. The number of halogens is 1. The SMILES string of the molecule is C=C(F)c1c(=O)c2c3cn[nH]c3ccc2n2cnc(=C)c12. The number of pyridine rings is 1. The first-order valence-corrected chi connectivity index (χ1v) is 6.22. The topological polar surface area (TPSA) is 63.0 Å². The third kappa shape index (κ3) is 1.36. The van der Waals surface area contributed by atoms with E-state index in [0.29, 0.717) is 32.7 Å². The van der Waals surface area contributed by atoms with Gasteiger partial charge in [0.05, 0.1) is 39.0 Å². The van der Waals surface area contributed by atoms with Crippen LogP contribution in [0.5, 0.6) is 0 Å². The van der Waals surface area contributed by atoms with Crippen LogP contribution in [0.25, 0.3) is 39.7 Å². The molecule has 0 atom stereocenters. The van der Waals surface area contributed by atoms with E-state index in [2.05, 4.69) is 28.3 Å². The van der Waals surface area contributed by atoms with Crippen molar-refractivity contribution in [2.45, 2.75) is 0 Å². The Morgan fingerprint density at radius 3 is 2.95 bits per heavy atom. The van der Waals surface area contributed by atoms with Crippen LogP contribution >= 0.6 is 0 Å². The van der Waals surface area contributed by atoms with Crippen LogP contribution in [0.15, 0.2) is 36.0 Å². The maximum absolute atomic E-state index is 13.8. The number of hydrogen-bond acceptors (Lipinski definition) is 3. The molecule has 1 aromatic carbocycles. The lowest BCUT2D eigenvalue weighted by Crippen LogP contribution is -2.15. The van der Waals surface area contributed by atoms with Crippen molar-refractivity contribution in [3.05, 3.63) is 52.4 Å². The molecule has 1 N–H and O–H groups in total. The summed E-state index contributed by atoms with van der Waals surface area (Å²) >= 11 is 0. The molecule has 4 aromatic rings. The van der Waals surface area contributed by atoms with Gasteiger partial charge in [-0.05, 0) is 12.1 Å². The predicted molar refractivity (Wildman–Crippen MR) is 79.5 cm³/mol. The van der Waals surface area contributed by atoms with Crippen LogP contribution in [0.2, 0.25) is 0 Å². The van der Waals surface area contributed by atoms with Crippen molar-refractivity contribution < 1.29 is 4.39 Å². The largest absolute Gasteiger partial charge is 0.297 e. The number of nitrogens with one attached hydrogen (secondary N) is 1. The highest BCUT2D eigenvalue weighted by atomic mass is 19.1. The third-order valence-corrected chi connectivity index (χ3v) is 3.67. The second kappa shape index (κ2) is 3.76. The molecule has 6 heteroatoms. The normalized spacial score (nSPS) is 11.7. The molecule has 0 saturated carbocycles. The monoisotopic (exact) mass is 280 g/mol. The van der Waals surface area contributed by atoms with Gasteiger partial charge in [-0.1, -0.05) is 13.2 Å². The van der Waals surface area contributed by atoms with E-state index < -0.39 is 11.3 Å². The van der Waals surface area contributed by atoms with Gasteiger partial charge in [0.25, 0.3) is 0 Å². The Morgan fingerprint density at radius 2 is 2.19 bits per heavy atom. The van der Waals surface area contributed by atoms with Crippen LogP contribution in [0.1, 0.15) is 5.56 Å². The van der Waals surface area contributed by atoms with E-state index in [1.807, 2.05) is 6.07 Å². The number of rotatable bonds is 1. The summed E-state index contributed by atoms with van der Waals surface area (Å²) in [5, 5.41) is 8.11. The Kier molecular flexibility index (Phi) is 2.11. The summed E-state index contributed by atoms with van der Waals surface area (Å²) in [6.45, 7) is 7.03. The molecule has 0 aliphatic rings. The predicted octanol–water partition coefficient (Wildman–Crippen LogP) is 1.79. The van der Waals surface area contributed by atoms with Crippen molar-refractivity contribution in [3.63, 3.8) is 0 Å². The Hall–Kier alpha value is -3.02. The van der Waals surface area contributed by atoms with Crippen LogP contribution < -0.4 is 10.8 Å². The molecule has 0 saturated heterocycles. The van der Waals surface area contributed by atoms with Gasteiger partial charge in [-0.25, -0.2) is 9.37 Å². The van der Waals surface area contributed by atoms with Crippen molar-refractivity contribution >= 4 is 39.7 Å². The van der Waals surface area contributed by atoms with E-state index >= 15 is 0 Å². The fourth-order valence-electron chi connectivity index (χ4n) is 2.76. The van der Waals surface area contributed by atoms with Crippen LogP contribution in [-0.2, 0) is 0 Å². The van der Waals surface area contributed by atoms with Crippen LogP contribution in [-0.4, -0.2) is 19.6 Å². The lowest BCUT2D eigenvalue weighted by molar-refractivity contribution is 0.763. The Labute approximate surface area is 117 Å². The molecule has 5 nitrogen and oxygen atoms in total. The summed E-state index contributed by atoms with van der Waals surface area (Å²) in [6.07, 6.45) is 3.08. The second-order valence-electron chi connectivity index (χ2n) is 4.81. The van der Waals surface area contributed by atoms with Crippen LogP contribution in [0.3, 0.4) is 0 Å². The molecule has 3 heterocycles. The molecule has 3 aromatic heterocycles. The molecule has 0 amide bonds. The molecule has 0 aliphatic heterocycles. The number of aromatic nitrogens is 4. The van der Waals surface area contributed by atoms with Gasteiger partial charge in [0.2, 0.25) is 5.43 Å². The van der Waals surface area contributed by atoms with Crippen molar-refractivity contribution in [1.29, 1.82) is 0 Å². The van der Waals surface area contributed by atoms with Gasteiger partial charge in [-0.2, -0.15) is 5.10 Å². The Balaban J connectivity index is 2.48. The first kappa shape index (κ1) is 11.8. The smallest absolute Gasteiger partial charge is 0.201 e. The van der Waals surface area contributed by atoms with Gasteiger partial charge < -0.3 is 0 Å². The molecule has 4 rings (SSSR count). The minimum absolute atomic E-state index is 0.0984. The molecule has 21 heavy (non-hydrogen) atoms. The van der Waals surface area contributed by atoms with Gasteiger partial charge in [0.15, 0.2) is 0 Å². The van der Waals surface area contributed by atoms with Gasteiger partial charge in [-0.3, -0.25) is 14.3 Å². The molecule has 0 radical (unpaired) electrons. The van der Waals surface area contributed by atoms with Gasteiger partial charge in [0.1, 0.15) is 12.2 Å². The molecular weight excluding hydrogens is 271 g/mol. The quantitative estimate of drug-likeness (QED) is 0.578. The number of imidazole rings is 1. The van der Waals surface area contributed by atoms with Gasteiger partial charge >= 0.3 is 0 Å². The van der Waals surface area contributed by atoms with Crippen molar-refractivity contribution in [2.24, 2.45) is 0 Å². The zero-order chi connectivity index (χ0) is 14.7. The number of aromatic amines is 1. The van der Waals surface area contributed by atoms with Gasteiger partial charge in [0, 0.05) is 5.39 Å². The molecular formula is C15H9FN4O. The fraction of sp³-hybridized carbons (Fsp3) is 0. The molecule has 0 unspecified atom stereocenters. The lowest BCUT2D eigenvalue weighted by Gasteiger charge is -2.06. The maximum Gasteiger partial charge on any atom is 0.201 e. The summed E-state index contributed by atoms with van der Waals surface area (Å²) in [5.74, 6) is -0.794. The summed E-state index contributed by atoms with van der Waals surface area (Å²) in [6, 6.07) is 3.59. The van der Waals surface area contributed by atoms with Crippen LogP contribution in [0.4, 0.5) is 4.39 Å². The van der Waals surface area contributed by atoms with Gasteiger partial charge in [-0.15, -0.1) is 0 Å². The summed E-state index contributed by atoms with van der Waals surface area (Å²) in [5.41, 5.74) is 1.17.